The van der Waals surface area contributed by atoms with E-state index in [9.17, 15) is 14.4 Å². The standard InChI is InChI=1S/C5H6O7/c1-2-10-4(8)12-5(9)11-3(6)7/h2H2,1H3,(H,6,7). The first-order valence-corrected chi connectivity index (χ1v) is 2.85. The Labute approximate surface area is 66.8 Å². The summed E-state index contributed by atoms with van der Waals surface area (Å²) in [6.45, 7) is 1.50. The molecule has 0 heterocycles. The van der Waals surface area contributed by atoms with E-state index in [2.05, 4.69) is 14.2 Å². The van der Waals surface area contributed by atoms with Gasteiger partial charge in [0.2, 0.25) is 0 Å². The minimum absolute atomic E-state index is 0.0131. The van der Waals surface area contributed by atoms with Gasteiger partial charge in [-0.3, -0.25) is 0 Å². The summed E-state index contributed by atoms with van der Waals surface area (Å²) in [5.41, 5.74) is 0. The summed E-state index contributed by atoms with van der Waals surface area (Å²) in [5.74, 6) is 0. The molecule has 0 aromatic heterocycles. The van der Waals surface area contributed by atoms with E-state index in [0.29, 0.717) is 0 Å². The highest BCUT2D eigenvalue weighted by atomic mass is 16.8. The van der Waals surface area contributed by atoms with Crippen LogP contribution < -0.4 is 0 Å². The molecule has 0 aliphatic heterocycles. The first kappa shape index (κ1) is 10.2. The Kier molecular flexibility index (Phi) is 4.20. The number of hydrogen-bond acceptors (Lipinski definition) is 6. The minimum Gasteiger partial charge on any atom is -0.449 e. The van der Waals surface area contributed by atoms with Crippen molar-refractivity contribution < 1.29 is 33.7 Å². The van der Waals surface area contributed by atoms with Gasteiger partial charge in [-0.2, -0.15) is 0 Å². The van der Waals surface area contributed by atoms with Crippen molar-refractivity contribution in [2.45, 2.75) is 6.92 Å². The van der Waals surface area contributed by atoms with Crippen LogP contribution in [0.4, 0.5) is 14.4 Å². The van der Waals surface area contributed by atoms with Crippen molar-refractivity contribution in [3.63, 3.8) is 0 Å². The molecular weight excluding hydrogens is 172 g/mol. The highest BCUT2D eigenvalue weighted by molar-refractivity contribution is 5.83. The predicted octanol–water partition coefficient (Wildman–Crippen LogP) is 0.974. The maximum absolute atomic E-state index is 10.3. The van der Waals surface area contributed by atoms with Gasteiger partial charge in [0.15, 0.2) is 0 Å². The van der Waals surface area contributed by atoms with E-state index < -0.39 is 18.5 Å². The first-order valence-electron chi connectivity index (χ1n) is 2.85. The fourth-order valence-corrected chi connectivity index (χ4v) is 0.307. The number of carbonyl (C=O) groups excluding carboxylic acids is 2. The van der Waals surface area contributed by atoms with Crippen molar-refractivity contribution in [1.29, 1.82) is 0 Å². The van der Waals surface area contributed by atoms with Crippen molar-refractivity contribution in [1.82, 2.24) is 0 Å². The van der Waals surface area contributed by atoms with Crippen LogP contribution in [0.25, 0.3) is 0 Å². The van der Waals surface area contributed by atoms with Crippen molar-refractivity contribution in [3.05, 3.63) is 0 Å². The molecular formula is C5H6O7. The van der Waals surface area contributed by atoms with Gasteiger partial charge in [0.25, 0.3) is 0 Å². The van der Waals surface area contributed by atoms with Crippen LogP contribution in [0, 0.1) is 0 Å². The van der Waals surface area contributed by atoms with Crippen LogP contribution in [-0.4, -0.2) is 30.2 Å². The number of ether oxygens (including phenoxy) is 3. The molecule has 0 spiro atoms. The third-order valence-corrected chi connectivity index (χ3v) is 0.599. The van der Waals surface area contributed by atoms with Gasteiger partial charge in [0.05, 0.1) is 6.61 Å². The topological polar surface area (TPSA) is 99.1 Å². The molecule has 0 aliphatic carbocycles. The molecule has 0 aromatic rings. The maximum Gasteiger partial charge on any atom is 0.528 e. The molecule has 0 saturated heterocycles. The van der Waals surface area contributed by atoms with Gasteiger partial charge in [0.1, 0.15) is 0 Å². The summed E-state index contributed by atoms with van der Waals surface area (Å²) in [6.07, 6.45) is -4.80. The van der Waals surface area contributed by atoms with Crippen LogP contribution in [0.2, 0.25) is 0 Å². The summed E-state index contributed by atoms with van der Waals surface area (Å²) in [4.78, 5) is 30.2. The van der Waals surface area contributed by atoms with Gasteiger partial charge in [-0.25, -0.2) is 14.4 Å². The SMILES string of the molecule is CCOC(=O)OC(=O)OC(=O)O. The fourth-order valence-electron chi connectivity index (χ4n) is 0.307. The smallest absolute Gasteiger partial charge is 0.449 e. The zero-order valence-corrected chi connectivity index (χ0v) is 6.10. The molecule has 0 saturated carbocycles. The third kappa shape index (κ3) is 5.03. The van der Waals surface area contributed by atoms with E-state index in [-0.39, 0.29) is 6.61 Å². The predicted molar refractivity (Wildman–Crippen MR) is 32.6 cm³/mol. The Hall–Kier alpha value is -1.79. The minimum atomic E-state index is -1.86. The number of carboxylic acid groups (broad SMARTS) is 1. The van der Waals surface area contributed by atoms with E-state index in [0.717, 1.165) is 0 Å². The molecule has 0 unspecified atom stereocenters. The van der Waals surface area contributed by atoms with Crippen LogP contribution in [0.1, 0.15) is 6.92 Å². The van der Waals surface area contributed by atoms with Gasteiger partial charge < -0.3 is 19.3 Å². The van der Waals surface area contributed by atoms with E-state index in [1.54, 1.807) is 0 Å². The lowest BCUT2D eigenvalue weighted by molar-refractivity contribution is 0.0410. The van der Waals surface area contributed by atoms with E-state index in [1.165, 1.54) is 6.92 Å². The molecule has 0 amide bonds. The summed E-state index contributed by atoms with van der Waals surface area (Å²) in [7, 11) is 0. The highest BCUT2D eigenvalue weighted by Gasteiger charge is 2.15. The zero-order valence-electron chi connectivity index (χ0n) is 6.10. The Morgan fingerprint density at radius 3 is 2.17 bits per heavy atom. The highest BCUT2D eigenvalue weighted by Crippen LogP contribution is 1.90. The molecule has 0 aromatic carbocycles. The second-order valence-corrected chi connectivity index (χ2v) is 1.40. The molecule has 0 bridgehead atoms. The second-order valence-electron chi connectivity index (χ2n) is 1.40. The largest absolute Gasteiger partial charge is 0.528 e. The number of hydrogen-bond donors (Lipinski definition) is 1. The molecule has 0 fully saturated rings. The lowest BCUT2D eigenvalue weighted by atomic mass is 10.9. The molecule has 7 nitrogen and oxygen atoms in total. The lowest BCUT2D eigenvalue weighted by Gasteiger charge is -1.99. The molecule has 0 rings (SSSR count). The van der Waals surface area contributed by atoms with E-state index >= 15 is 0 Å². The molecule has 0 radical (unpaired) electrons. The number of carbonyl (C=O) groups is 3. The summed E-state index contributed by atoms with van der Waals surface area (Å²) >= 11 is 0. The molecule has 0 atom stereocenters. The van der Waals surface area contributed by atoms with Gasteiger partial charge >= 0.3 is 18.5 Å². The fraction of sp³-hybridized carbons (Fsp3) is 0.400. The van der Waals surface area contributed by atoms with Crippen molar-refractivity contribution >= 4 is 18.5 Å². The van der Waals surface area contributed by atoms with Gasteiger partial charge in [-0.05, 0) is 6.92 Å². The maximum atomic E-state index is 10.3. The quantitative estimate of drug-likeness (QED) is 0.471. The average molecular weight is 178 g/mol. The third-order valence-electron chi connectivity index (χ3n) is 0.599. The van der Waals surface area contributed by atoms with E-state index in [1.807, 2.05) is 0 Å². The Balaban J connectivity index is 3.69. The van der Waals surface area contributed by atoms with Crippen molar-refractivity contribution in [2.24, 2.45) is 0 Å². The van der Waals surface area contributed by atoms with Crippen LogP contribution in [0.15, 0.2) is 0 Å². The zero-order chi connectivity index (χ0) is 9.56. The van der Waals surface area contributed by atoms with Crippen LogP contribution >= 0.6 is 0 Å². The van der Waals surface area contributed by atoms with Crippen LogP contribution in [0.5, 0.6) is 0 Å². The molecule has 0 aliphatic rings. The first-order chi connectivity index (χ1) is 5.56. The van der Waals surface area contributed by atoms with Gasteiger partial charge in [0, 0.05) is 0 Å². The average Bonchev–Trinajstić information content (AvgIpc) is 1.84. The molecule has 68 valence electrons. The lowest BCUT2D eigenvalue weighted by Crippen LogP contribution is -2.17. The Morgan fingerprint density at radius 1 is 1.17 bits per heavy atom. The molecule has 7 heteroatoms. The van der Waals surface area contributed by atoms with Crippen molar-refractivity contribution in [2.75, 3.05) is 6.61 Å². The molecule has 1 N–H and O–H groups in total. The summed E-state index contributed by atoms with van der Waals surface area (Å²) in [5, 5.41) is 7.85. The van der Waals surface area contributed by atoms with Gasteiger partial charge in [-0.15, -0.1) is 0 Å². The Bertz CT molecular complexity index is 196. The number of rotatable bonds is 1. The van der Waals surface area contributed by atoms with E-state index in [4.69, 9.17) is 5.11 Å². The van der Waals surface area contributed by atoms with Crippen molar-refractivity contribution in [3.8, 4) is 0 Å². The van der Waals surface area contributed by atoms with Crippen LogP contribution in [-0.2, 0) is 14.2 Å². The monoisotopic (exact) mass is 178 g/mol. The summed E-state index contributed by atoms with van der Waals surface area (Å²) in [6, 6.07) is 0. The normalized spacial score (nSPS) is 8.42. The van der Waals surface area contributed by atoms with Gasteiger partial charge in [-0.1, -0.05) is 0 Å². The Morgan fingerprint density at radius 2 is 1.75 bits per heavy atom. The second kappa shape index (κ2) is 4.94. The van der Waals surface area contributed by atoms with Crippen LogP contribution in [0.3, 0.4) is 0 Å². The summed E-state index contributed by atoms with van der Waals surface area (Å²) < 4.78 is 11.3. The molecule has 12 heavy (non-hydrogen) atoms.